The lowest BCUT2D eigenvalue weighted by molar-refractivity contribution is 0.310. The summed E-state index contributed by atoms with van der Waals surface area (Å²) in [5.41, 5.74) is 5.70. The van der Waals surface area contributed by atoms with Gasteiger partial charge in [0.15, 0.2) is 0 Å². The molecule has 0 aliphatic heterocycles. The maximum atomic E-state index is 5.70. The first-order valence-electron chi connectivity index (χ1n) is 3.87. The molecule has 1 heterocycles. The first-order valence-corrected chi connectivity index (χ1v) is 6.27. The lowest BCUT2D eigenvalue weighted by atomic mass is 10.2. The highest BCUT2D eigenvalue weighted by Gasteiger charge is 2.15. The molecule has 0 radical (unpaired) electrons. The molecule has 0 spiro atoms. The number of hydrogen-bond acceptors (Lipinski definition) is 3. The fourth-order valence-corrected chi connectivity index (χ4v) is 3.41. The van der Waals surface area contributed by atoms with Crippen LogP contribution < -0.4 is 5.73 Å². The lowest BCUT2D eigenvalue weighted by Crippen LogP contribution is -2.26. The van der Waals surface area contributed by atoms with Gasteiger partial charge in [-0.05, 0) is 52.0 Å². The number of halogens is 2. The fourth-order valence-electron chi connectivity index (χ4n) is 1.11. The van der Waals surface area contributed by atoms with E-state index in [9.17, 15) is 0 Å². The SMILES string of the molecule is CN(C)C(CN)c1cc(Br)c(Br)s1. The van der Waals surface area contributed by atoms with Crippen LogP contribution in [0.5, 0.6) is 0 Å². The summed E-state index contributed by atoms with van der Waals surface area (Å²) < 4.78 is 2.23. The second-order valence-corrected chi connectivity index (χ2v) is 6.24. The number of rotatable bonds is 3. The van der Waals surface area contributed by atoms with E-state index in [1.165, 1.54) is 4.88 Å². The Bertz CT molecular complexity index is 266. The molecule has 0 aliphatic rings. The van der Waals surface area contributed by atoms with E-state index in [-0.39, 0.29) is 0 Å². The predicted octanol–water partition coefficient (Wildman–Crippen LogP) is 2.83. The summed E-state index contributed by atoms with van der Waals surface area (Å²) in [5.74, 6) is 0. The minimum absolute atomic E-state index is 0.313. The van der Waals surface area contributed by atoms with Crippen LogP contribution in [0.15, 0.2) is 14.3 Å². The van der Waals surface area contributed by atoms with Gasteiger partial charge in [0.2, 0.25) is 0 Å². The molecule has 0 amide bonds. The van der Waals surface area contributed by atoms with Crippen LogP contribution in [0.25, 0.3) is 0 Å². The summed E-state index contributed by atoms with van der Waals surface area (Å²) in [6.45, 7) is 0.645. The van der Waals surface area contributed by atoms with Gasteiger partial charge >= 0.3 is 0 Å². The minimum Gasteiger partial charge on any atom is -0.329 e. The van der Waals surface area contributed by atoms with Gasteiger partial charge in [-0.3, -0.25) is 0 Å². The molecule has 0 fully saturated rings. The summed E-state index contributed by atoms with van der Waals surface area (Å²) in [5, 5.41) is 0. The molecule has 2 N–H and O–H groups in total. The first-order chi connectivity index (χ1) is 6.06. The van der Waals surface area contributed by atoms with Crippen molar-refractivity contribution in [2.75, 3.05) is 20.6 Å². The van der Waals surface area contributed by atoms with Crippen molar-refractivity contribution in [2.45, 2.75) is 6.04 Å². The van der Waals surface area contributed by atoms with E-state index < -0.39 is 0 Å². The monoisotopic (exact) mass is 326 g/mol. The number of hydrogen-bond donors (Lipinski definition) is 1. The Morgan fingerprint density at radius 2 is 2.15 bits per heavy atom. The van der Waals surface area contributed by atoms with Crippen molar-refractivity contribution in [1.29, 1.82) is 0 Å². The predicted molar refractivity (Wildman–Crippen MR) is 65.2 cm³/mol. The number of nitrogens with zero attached hydrogens (tertiary/aromatic N) is 1. The van der Waals surface area contributed by atoms with Gasteiger partial charge < -0.3 is 10.6 Å². The maximum Gasteiger partial charge on any atom is 0.0843 e. The van der Waals surface area contributed by atoms with Crippen molar-refractivity contribution < 1.29 is 0 Å². The topological polar surface area (TPSA) is 29.3 Å². The second kappa shape index (κ2) is 4.89. The molecule has 0 aromatic carbocycles. The van der Waals surface area contributed by atoms with Gasteiger partial charge in [-0.15, -0.1) is 11.3 Å². The standard InChI is InChI=1S/C8H12Br2N2S/c1-12(2)6(4-11)7-3-5(9)8(10)13-7/h3,6H,4,11H2,1-2H3. The van der Waals surface area contributed by atoms with E-state index in [0.717, 1.165) is 8.26 Å². The lowest BCUT2D eigenvalue weighted by Gasteiger charge is -2.20. The van der Waals surface area contributed by atoms with Crippen molar-refractivity contribution in [3.63, 3.8) is 0 Å². The van der Waals surface area contributed by atoms with Crippen LogP contribution in [0.3, 0.4) is 0 Å². The minimum atomic E-state index is 0.313. The third-order valence-corrected chi connectivity index (χ3v) is 5.20. The van der Waals surface area contributed by atoms with E-state index in [4.69, 9.17) is 5.73 Å². The Morgan fingerprint density at radius 1 is 1.54 bits per heavy atom. The highest BCUT2D eigenvalue weighted by Crippen LogP contribution is 2.36. The van der Waals surface area contributed by atoms with Crippen LogP contribution in [0.4, 0.5) is 0 Å². The van der Waals surface area contributed by atoms with Gasteiger partial charge in [0, 0.05) is 15.9 Å². The normalized spacial score (nSPS) is 13.7. The molecular formula is C8H12Br2N2S. The van der Waals surface area contributed by atoms with Crippen LogP contribution in [-0.2, 0) is 0 Å². The summed E-state index contributed by atoms with van der Waals surface area (Å²) >= 11 is 8.67. The van der Waals surface area contributed by atoms with E-state index in [0.29, 0.717) is 12.6 Å². The zero-order valence-electron chi connectivity index (χ0n) is 7.55. The molecule has 5 heteroatoms. The number of nitrogens with two attached hydrogens (primary N) is 1. The summed E-state index contributed by atoms with van der Waals surface area (Å²) in [6.07, 6.45) is 0. The third kappa shape index (κ3) is 2.76. The molecule has 1 rings (SSSR count). The smallest absolute Gasteiger partial charge is 0.0843 e. The van der Waals surface area contributed by atoms with Crippen LogP contribution >= 0.6 is 43.2 Å². The largest absolute Gasteiger partial charge is 0.329 e. The molecule has 1 aromatic heterocycles. The molecule has 1 aromatic rings. The molecule has 1 atom stereocenters. The molecule has 0 saturated carbocycles. The molecule has 0 saturated heterocycles. The van der Waals surface area contributed by atoms with Gasteiger partial charge in [-0.25, -0.2) is 0 Å². The fraction of sp³-hybridized carbons (Fsp3) is 0.500. The van der Waals surface area contributed by atoms with Gasteiger partial charge in [-0.2, -0.15) is 0 Å². The van der Waals surface area contributed by atoms with Crippen molar-refractivity contribution in [3.8, 4) is 0 Å². The van der Waals surface area contributed by atoms with Gasteiger partial charge in [0.05, 0.1) is 9.83 Å². The van der Waals surface area contributed by atoms with E-state index in [2.05, 4.69) is 42.8 Å². The van der Waals surface area contributed by atoms with Crippen molar-refractivity contribution in [3.05, 3.63) is 19.2 Å². The van der Waals surface area contributed by atoms with Gasteiger partial charge in [-0.1, -0.05) is 0 Å². The molecule has 1 unspecified atom stereocenters. The molecule has 0 bridgehead atoms. The Kier molecular flexibility index (Phi) is 4.38. The highest BCUT2D eigenvalue weighted by atomic mass is 79.9. The Labute approximate surface area is 99.4 Å². The van der Waals surface area contributed by atoms with Crippen LogP contribution in [0.1, 0.15) is 10.9 Å². The van der Waals surface area contributed by atoms with Gasteiger partial charge in [0.25, 0.3) is 0 Å². The maximum absolute atomic E-state index is 5.70. The van der Waals surface area contributed by atoms with E-state index in [1.54, 1.807) is 11.3 Å². The quantitative estimate of drug-likeness (QED) is 0.925. The molecule has 2 nitrogen and oxygen atoms in total. The molecule has 0 aliphatic carbocycles. The highest BCUT2D eigenvalue weighted by molar-refractivity contribution is 9.13. The summed E-state index contributed by atoms with van der Waals surface area (Å²) in [6, 6.07) is 2.43. The Hall–Kier alpha value is 0.580. The average molecular weight is 328 g/mol. The Balaban J connectivity index is 2.92. The second-order valence-electron chi connectivity index (χ2n) is 2.99. The Morgan fingerprint density at radius 3 is 2.46 bits per heavy atom. The van der Waals surface area contributed by atoms with E-state index >= 15 is 0 Å². The van der Waals surface area contributed by atoms with Crippen LogP contribution in [0, 0.1) is 0 Å². The van der Waals surface area contributed by atoms with Crippen molar-refractivity contribution in [1.82, 2.24) is 4.90 Å². The van der Waals surface area contributed by atoms with Crippen molar-refractivity contribution in [2.24, 2.45) is 5.73 Å². The zero-order valence-corrected chi connectivity index (χ0v) is 11.5. The van der Waals surface area contributed by atoms with E-state index in [1.807, 2.05) is 14.1 Å². The summed E-state index contributed by atoms with van der Waals surface area (Å²) in [7, 11) is 4.08. The number of thiophene rings is 1. The van der Waals surface area contributed by atoms with Crippen LogP contribution in [0.2, 0.25) is 0 Å². The third-order valence-electron chi connectivity index (χ3n) is 1.84. The molecule has 13 heavy (non-hydrogen) atoms. The zero-order chi connectivity index (χ0) is 10.0. The van der Waals surface area contributed by atoms with Gasteiger partial charge in [0.1, 0.15) is 0 Å². The number of likely N-dealkylation sites (N-methyl/N-ethyl adjacent to an activating group) is 1. The van der Waals surface area contributed by atoms with Crippen molar-refractivity contribution >= 4 is 43.2 Å². The van der Waals surface area contributed by atoms with Crippen LogP contribution in [-0.4, -0.2) is 25.5 Å². The molecular weight excluding hydrogens is 316 g/mol. The first kappa shape index (κ1) is 11.7. The summed E-state index contributed by atoms with van der Waals surface area (Å²) in [4.78, 5) is 3.41. The molecule has 74 valence electrons. The average Bonchev–Trinajstić information content (AvgIpc) is 2.32.